The Kier molecular flexibility index (Phi) is 8.98. The number of fused-ring (bicyclic) bond motifs is 25. The molecule has 4 heterocycles. The lowest BCUT2D eigenvalue weighted by atomic mass is 9.70. The van der Waals surface area contributed by atoms with Crippen molar-refractivity contribution >= 4 is 99.9 Å². The lowest BCUT2D eigenvalue weighted by Gasteiger charge is -2.42. The van der Waals surface area contributed by atoms with Crippen LogP contribution in [0.2, 0.25) is 0 Å². The van der Waals surface area contributed by atoms with E-state index >= 15 is 0 Å². The second kappa shape index (κ2) is 16.2. The Bertz CT molecular complexity index is 5720. The SMILES string of the molecule is CC1(C)c2ccccc2-c2ccc(N(c3ccc4c(c3)oc3ccc5c(oc6ccc7oc8cc9c(cc8c7c65)C5(C)c6ccccc6-c6cccc(c65)N9c5ccc6c(c5)C(C)(C)c5ccccc5-6)c34)c3cccc4c3C(C)(C)c3ccccc3-4)cc21. The highest BCUT2D eigenvalue weighted by atomic mass is 16.3. The van der Waals surface area contributed by atoms with Gasteiger partial charge in [-0.3, -0.25) is 0 Å². The predicted molar refractivity (Wildman–Crippen MR) is 361 cm³/mol. The van der Waals surface area contributed by atoms with Crippen molar-refractivity contribution in [1.29, 1.82) is 0 Å². The second-order valence-electron chi connectivity index (χ2n) is 27.2. The molecule has 88 heavy (non-hydrogen) atoms. The van der Waals surface area contributed by atoms with Gasteiger partial charge in [0, 0.05) is 77.8 Å². The Labute approximate surface area is 509 Å². The van der Waals surface area contributed by atoms with E-state index in [9.17, 15) is 0 Å². The summed E-state index contributed by atoms with van der Waals surface area (Å²) >= 11 is 0. The molecule has 0 saturated carbocycles. The summed E-state index contributed by atoms with van der Waals surface area (Å²) in [6.07, 6.45) is 0. The molecule has 0 amide bonds. The molecule has 1 unspecified atom stereocenters. The van der Waals surface area contributed by atoms with Gasteiger partial charge >= 0.3 is 0 Å². The standard InChI is InChI=1S/C83H58N2O3/c1-80(2)59-24-12-8-18-48(59)52-33-30-45(40-63(52)80)84(66-28-16-22-54-50-20-10-14-26-61(50)82(5,6)77(54)66)47-32-35-56-72(42-47)87-71-37-36-57-74-70(88-79(57)76(56)71)39-38-69-75(74)58-43-65-68(44-73(58)86-69)85(46-31-34-53-49-19-9-13-25-60(49)81(3,4)64(53)41-46)67-29-17-23-55-51-21-11-15-27-62(51)83(65,7)78(55)67/h8-44H,1-7H3. The van der Waals surface area contributed by atoms with E-state index in [1.165, 1.54) is 100 Å². The van der Waals surface area contributed by atoms with Crippen LogP contribution in [0.25, 0.3) is 110 Å². The summed E-state index contributed by atoms with van der Waals surface area (Å²) in [6.45, 7) is 16.7. The fraction of sp³-hybridized carbons (Fsp3) is 0.133. The molecule has 0 fully saturated rings. The highest BCUT2D eigenvalue weighted by Gasteiger charge is 2.49. The minimum absolute atomic E-state index is 0.160. The zero-order valence-corrected chi connectivity index (χ0v) is 50.0. The zero-order valence-electron chi connectivity index (χ0n) is 50.0. The molecule has 15 aromatic rings. The molecular weight excluding hydrogens is 1070 g/mol. The highest BCUT2D eigenvalue weighted by molar-refractivity contribution is 6.30. The Hall–Kier alpha value is -10.4. The molecule has 1 atom stereocenters. The van der Waals surface area contributed by atoms with Gasteiger partial charge in [-0.25, -0.2) is 0 Å². The average molecular weight is 1130 g/mol. The van der Waals surface area contributed by atoms with Gasteiger partial charge in [0.15, 0.2) is 0 Å². The van der Waals surface area contributed by atoms with Gasteiger partial charge in [0.2, 0.25) is 0 Å². The molecule has 0 radical (unpaired) electrons. The molecule has 0 spiro atoms. The third-order valence-corrected chi connectivity index (χ3v) is 21.8. The first-order valence-electron chi connectivity index (χ1n) is 31.1. The van der Waals surface area contributed by atoms with E-state index in [0.717, 1.165) is 94.3 Å². The Morgan fingerprint density at radius 1 is 0.307 bits per heavy atom. The van der Waals surface area contributed by atoms with Crippen LogP contribution in [-0.2, 0) is 21.7 Å². The lowest BCUT2D eigenvalue weighted by molar-refractivity contribution is 0.658. The smallest absolute Gasteiger partial charge is 0.147 e. The molecule has 5 aliphatic rings. The van der Waals surface area contributed by atoms with Crippen molar-refractivity contribution in [2.75, 3.05) is 9.80 Å². The van der Waals surface area contributed by atoms with Crippen molar-refractivity contribution in [1.82, 2.24) is 0 Å². The van der Waals surface area contributed by atoms with E-state index in [-0.39, 0.29) is 16.2 Å². The Morgan fingerprint density at radius 2 is 0.807 bits per heavy atom. The number of benzene rings is 12. The van der Waals surface area contributed by atoms with Gasteiger partial charge in [0.1, 0.15) is 33.5 Å². The van der Waals surface area contributed by atoms with Gasteiger partial charge in [-0.2, -0.15) is 0 Å². The molecule has 0 bridgehead atoms. The van der Waals surface area contributed by atoms with E-state index in [2.05, 4.69) is 283 Å². The summed E-state index contributed by atoms with van der Waals surface area (Å²) in [5, 5.41) is 6.16. The molecular formula is C83H58N2O3. The number of rotatable bonds is 4. The van der Waals surface area contributed by atoms with Crippen LogP contribution >= 0.6 is 0 Å². The number of anilines is 6. The summed E-state index contributed by atoms with van der Waals surface area (Å²) < 4.78 is 21.3. The van der Waals surface area contributed by atoms with Gasteiger partial charge in [-0.15, -0.1) is 0 Å². The van der Waals surface area contributed by atoms with Crippen molar-refractivity contribution in [3.63, 3.8) is 0 Å². The number of furan rings is 3. The van der Waals surface area contributed by atoms with Crippen molar-refractivity contribution in [3.8, 4) is 44.5 Å². The maximum atomic E-state index is 7.18. The van der Waals surface area contributed by atoms with Crippen LogP contribution in [0.5, 0.6) is 0 Å². The summed E-state index contributed by atoms with van der Waals surface area (Å²) in [5.41, 5.74) is 32.9. The third kappa shape index (κ3) is 5.84. The molecule has 3 aromatic heterocycles. The van der Waals surface area contributed by atoms with E-state index in [4.69, 9.17) is 13.3 Å². The molecule has 5 nitrogen and oxygen atoms in total. The van der Waals surface area contributed by atoms with Crippen LogP contribution in [0.1, 0.15) is 98.5 Å². The van der Waals surface area contributed by atoms with E-state index in [1.54, 1.807) is 0 Å². The number of nitrogens with zero attached hydrogens (tertiary/aromatic N) is 2. The third-order valence-electron chi connectivity index (χ3n) is 21.8. The maximum Gasteiger partial charge on any atom is 0.147 e. The van der Waals surface area contributed by atoms with Gasteiger partial charge in [0.25, 0.3) is 0 Å². The molecule has 418 valence electrons. The largest absolute Gasteiger partial charge is 0.456 e. The van der Waals surface area contributed by atoms with Crippen LogP contribution in [-0.4, -0.2) is 0 Å². The molecule has 12 aromatic carbocycles. The van der Waals surface area contributed by atoms with Crippen LogP contribution in [0.4, 0.5) is 34.1 Å². The summed E-state index contributed by atoms with van der Waals surface area (Å²) in [5.74, 6) is 0. The Balaban J connectivity index is 0.778. The highest BCUT2D eigenvalue weighted by Crippen LogP contribution is 2.64. The molecule has 0 saturated heterocycles. The first-order valence-corrected chi connectivity index (χ1v) is 31.1. The minimum Gasteiger partial charge on any atom is -0.456 e. The first-order chi connectivity index (χ1) is 42.8. The van der Waals surface area contributed by atoms with Crippen molar-refractivity contribution in [2.24, 2.45) is 0 Å². The normalized spacial score (nSPS) is 17.1. The van der Waals surface area contributed by atoms with Crippen LogP contribution < -0.4 is 9.80 Å². The molecule has 1 aliphatic heterocycles. The summed E-state index contributed by atoms with van der Waals surface area (Å²) in [7, 11) is 0. The van der Waals surface area contributed by atoms with Gasteiger partial charge < -0.3 is 23.1 Å². The topological polar surface area (TPSA) is 45.9 Å². The quantitative estimate of drug-likeness (QED) is 0.176. The molecule has 20 rings (SSSR count). The van der Waals surface area contributed by atoms with Crippen molar-refractivity contribution in [3.05, 3.63) is 275 Å². The fourth-order valence-electron chi connectivity index (χ4n) is 17.7. The van der Waals surface area contributed by atoms with Gasteiger partial charge in [0.05, 0.1) is 22.4 Å². The zero-order chi connectivity index (χ0) is 58.6. The number of hydrogen-bond acceptors (Lipinski definition) is 5. The molecule has 5 heteroatoms. The predicted octanol–water partition coefficient (Wildman–Crippen LogP) is 22.9. The fourth-order valence-corrected chi connectivity index (χ4v) is 17.7. The van der Waals surface area contributed by atoms with Crippen molar-refractivity contribution < 1.29 is 13.3 Å². The van der Waals surface area contributed by atoms with Crippen LogP contribution in [0.15, 0.2) is 238 Å². The molecule has 4 aliphatic carbocycles. The van der Waals surface area contributed by atoms with Crippen molar-refractivity contribution in [2.45, 2.75) is 70.1 Å². The van der Waals surface area contributed by atoms with E-state index < -0.39 is 5.41 Å². The maximum absolute atomic E-state index is 7.18. The number of hydrogen-bond donors (Lipinski definition) is 0. The minimum atomic E-state index is -0.453. The molecule has 0 N–H and O–H groups in total. The van der Waals surface area contributed by atoms with E-state index in [0.29, 0.717) is 0 Å². The monoisotopic (exact) mass is 1130 g/mol. The lowest BCUT2D eigenvalue weighted by Crippen LogP contribution is -2.32. The average Bonchev–Trinajstić information content (AvgIpc) is 1.47. The second-order valence-corrected chi connectivity index (χ2v) is 27.2. The van der Waals surface area contributed by atoms with E-state index in [1.807, 2.05) is 0 Å². The van der Waals surface area contributed by atoms with Crippen LogP contribution in [0, 0.1) is 0 Å². The summed E-state index contributed by atoms with van der Waals surface area (Å²) in [6, 6.07) is 83.8. The Morgan fingerprint density at radius 3 is 1.52 bits per heavy atom. The van der Waals surface area contributed by atoms with Gasteiger partial charge in [-0.05, 0) is 180 Å². The van der Waals surface area contributed by atoms with Crippen LogP contribution in [0.3, 0.4) is 0 Å². The summed E-state index contributed by atoms with van der Waals surface area (Å²) in [4.78, 5) is 4.99. The first kappa shape index (κ1) is 48.8. The van der Waals surface area contributed by atoms with Gasteiger partial charge in [-0.1, -0.05) is 175 Å².